The molecular formula is C24H34ClN7O. The van der Waals surface area contributed by atoms with E-state index in [-0.39, 0.29) is 29.8 Å². The molecule has 33 heavy (non-hydrogen) atoms. The molecule has 0 bridgehead atoms. The highest BCUT2D eigenvalue weighted by molar-refractivity contribution is 5.94. The lowest BCUT2D eigenvalue weighted by molar-refractivity contribution is 0.0910. The van der Waals surface area contributed by atoms with Gasteiger partial charge in [0.2, 0.25) is 0 Å². The minimum Gasteiger partial charge on any atom is -0.382 e. The highest BCUT2D eigenvalue weighted by Crippen LogP contribution is 2.22. The van der Waals surface area contributed by atoms with E-state index in [4.69, 9.17) is 5.73 Å². The Morgan fingerprint density at radius 1 is 1.09 bits per heavy atom. The minimum atomic E-state index is 0. The van der Waals surface area contributed by atoms with Crippen molar-refractivity contribution < 1.29 is 4.79 Å². The normalized spacial score (nSPS) is 15.4. The maximum Gasteiger partial charge on any atom is 0.251 e. The van der Waals surface area contributed by atoms with Crippen molar-refractivity contribution in [1.82, 2.24) is 29.7 Å². The highest BCUT2D eigenvalue weighted by Gasteiger charge is 2.21. The van der Waals surface area contributed by atoms with Gasteiger partial charge in [0.1, 0.15) is 11.8 Å². The van der Waals surface area contributed by atoms with Gasteiger partial charge in [-0.3, -0.25) is 4.79 Å². The lowest BCUT2D eigenvalue weighted by Gasteiger charge is -2.32. The van der Waals surface area contributed by atoms with Crippen molar-refractivity contribution in [3.63, 3.8) is 0 Å². The second-order valence-electron chi connectivity index (χ2n) is 9.64. The number of hydrogen-bond donors (Lipinski definition) is 2. The number of anilines is 1. The van der Waals surface area contributed by atoms with Gasteiger partial charge in [0, 0.05) is 31.2 Å². The number of nitrogens with zero attached hydrogens (tertiary/aromatic N) is 5. The van der Waals surface area contributed by atoms with Gasteiger partial charge in [-0.25, -0.2) is 15.0 Å². The summed E-state index contributed by atoms with van der Waals surface area (Å²) >= 11 is 0. The van der Waals surface area contributed by atoms with Crippen LogP contribution in [0.1, 0.15) is 56.0 Å². The number of nitrogens with two attached hydrogens (primary N) is 1. The SMILES string of the molecule is CC(C)(C)c1ccc(C(=O)NC2CCN(CCCn3cnc4c(N)ncnc43)CC2)cc1.Cl. The van der Waals surface area contributed by atoms with Gasteiger partial charge in [0.05, 0.1) is 6.33 Å². The molecule has 0 radical (unpaired) electrons. The molecule has 3 heterocycles. The number of rotatable bonds is 6. The van der Waals surface area contributed by atoms with Crippen molar-refractivity contribution in [1.29, 1.82) is 0 Å². The Labute approximate surface area is 201 Å². The summed E-state index contributed by atoms with van der Waals surface area (Å²) in [6.45, 7) is 10.4. The smallest absolute Gasteiger partial charge is 0.251 e. The monoisotopic (exact) mass is 471 g/mol. The average molecular weight is 472 g/mol. The number of benzene rings is 1. The van der Waals surface area contributed by atoms with Gasteiger partial charge in [0.25, 0.3) is 5.91 Å². The Morgan fingerprint density at radius 3 is 2.45 bits per heavy atom. The van der Waals surface area contributed by atoms with Crippen LogP contribution in [-0.4, -0.2) is 56.0 Å². The van der Waals surface area contributed by atoms with Crippen molar-refractivity contribution in [2.45, 2.75) is 58.0 Å². The van der Waals surface area contributed by atoms with E-state index in [1.165, 1.54) is 11.9 Å². The first kappa shape index (κ1) is 24.9. The third-order valence-corrected chi connectivity index (χ3v) is 6.24. The molecule has 9 heteroatoms. The lowest BCUT2D eigenvalue weighted by atomic mass is 9.86. The standard InChI is InChI=1S/C24H33N7O.ClH/c1-24(2,3)18-7-5-17(6-8-18)23(32)29-19-9-13-30(14-10-19)11-4-12-31-16-28-20-21(25)26-15-27-22(20)31;/h5-8,15-16,19H,4,9-14H2,1-3H3,(H,29,32)(H2,25,26,27);1H. The van der Waals surface area contributed by atoms with E-state index in [1.54, 1.807) is 6.33 Å². The second-order valence-corrected chi connectivity index (χ2v) is 9.64. The number of nitrogens with one attached hydrogen (secondary N) is 1. The molecule has 0 spiro atoms. The molecule has 0 unspecified atom stereocenters. The Hall–Kier alpha value is -2.71. The number of amides is 1. The van der Waals surface area contributed by atoms with Gasteiger partial charge < -0.3 is 20.5 Å². The van der Waals surface area contributed by atoms with Crippen LogP contribution >= 0.6 is 12.4 Å². The van der Waals surface area contributed by atoms with Gasteiger partial charge >= 0.3 is 0 Å². The number of imidazole rings is 1. The molecule has 0 aliphatic carbocycles. The molecule has 0 atom stereocenters. The van der Waals surface area contributed by atoms with Crippen LogP contribution in [0, 0.1) is 0 Å². The van der Waals surface area contributed by atoms with Crippen LogP contribution < -0.4 is 11.1 Å². The minimum absolute atomic E-state index is 0. The van der Waals surface area contributed by atoms with E-state index in [2.05, 4.69) is 58.1 Å². The summed E-state index contributed by atoms with van der Waals surface area (Å²) < 4.78 is 2.03. The quantitative estimate of drug-likeness (QED) is 0.571. The molecular weight excluding hydrogens is 438 g/mol. The zero-order valence-electron chi connectivity index (χ0n) is 19.6. The fourth-order valence-electron chi connectivity index (χ4n) is 4.22. The number of aromatic nitrogens is 4. The number of likely N-dealkylation sites (tertiary alicyclic amines) is 1. The van der Waals surface area contributed by atoms with E-state index in [0.29, 0.717) is 11.3 Å². The summed E-state index contributed by atoms with van der Waals surface area (Å²) in [5.74, 6) is 0.445. The largest absolute Gasteiger partial charge is 0.382 e. The molecule has 178 valence electrons. The zero-order valence-corrected chi connectivity index (χ0v) is 20.4. The Bertz CT molecular complexity index is 1070. The fourth-order valence-corrected chi connectivity index (χ4v) is 4.22. The van der Waals surface area contributed by atoms with Crippen LogP contribution in [0.2, 0.25) is 0 Å². The van der Waals surface area contributed by atoms with Crippen LogP contribution in [-0.2, 0) is 12.0 Å². The maximum absolute atomic E-state index is 12.6. The molecule has 1 amide bonds. The number of halogens is 1. The van der Waals surface area contributed by atoms with Crippen molar-refractivity contribution in [3.8, 4) is 0 Å². The molecule has 1 aliphatic heterocycles. The number of nitrogen functional groups attached to an aromatic ring is 1. The summed E-state index contributed by atoms with van der Waals surface area (Å²) in [6.07, 6.45) is 6.22. The Kier molecular flexibility index (Phi) is 7.92. The van der Waals surface area contributed by atoms with Crippen molar-refractivity contribution >= 4 is 35.3 Å². The van der Waals surface area contributed by atoms with E-state index in [1.807, 2.05) is 16.7 Å². The molecule has 2 aromatic heterocycles. The second kappa shape index (κ2) is 10.5. The summed E-state index contributed by atoms with van der Waals surface area (Å²) in [6, 6.07) is 8.22. The fraction of sp³-hybridized carbons (Fsp3) is 0.500. The summed E-state index contributed by atoms with van der Waals surface area (Å²) in [7, 11) is 0. The number of fused-ring (bicyclic) bond motifs is 1. The molecule has 3 N–H and O–H groups in total. The third kappa shape index (κ3) is 6.00. The number of carbonyl (C=O) groups is 1. The Balaban J connectivity index is 0.00000306. The zero-order chi connectivity index (χ0) is 22.7. The predicted octanol–water partition coefficient (Wildman–Crippen LogP) is 3.41. The number of piperidine rings is 1. The topological polar surface area (TPSA) is 102 Å². The summed E-state index contributed by atoms with van der Waals surface area (Å²) in [5, 5.41) is 3.21. The van der Waals surface area contributed by atoms with E-state index < -0.39 is 0 Å². The molecule has 1 aromatic carbocycles. The lowest BCUT2D eigenvalue weighted by Crippen LogP contribution is -2.45. The van der Waals surface area contributed by atoms with Crippen molar-refractivity contribution in [2.24, 2.45) is 0 Å². The highest BCUT2D eigenvalue weighted by atomic mass is 35.5. The third-order valence-electron chi connectivity index (χ3n) is 6.24. The Morgan fingerprint density at radius 2 is 1.79 bits per heavy atom. The molecule has 8 nitrogen and oxygen atoms in total. The van der Waals surface area contributed by atoms with E-state index >= 15 is 0 Å². The number of carbonyl (C=O) groups excluding carboxylic acids is 1. The van der Waals surface area contributed by atoms with E-state index in [0.717, 1.165) is 56.7 Å². The van der Waals surface area contributed by atoms with Gasteiger partial charge in [-0.15, -0.1) is 12.4 Å². The first-order chi connectivity index (χ1) is 15.3. The molecule has 1 fully saturated rings. The van der Waals surface area contributed by atoms with Crippen molar-refractivity contribution in [3.05, 3.63) is 48.0 Å². The van der Waals surface area contributed by atoms with Gasteiger partial charge in [-0.05, 0) is 48.9 Å². The first-order valence-electron chi connectivity index (χ1n) is 11.4. The van der Waals surface area contributed by atoms with Crippen molar-refractivity contribution in [2.75, 3.05) is 25.4 Å². The van der Waals surface area contributed by atoms with Gasteiger partial charge in [-0.1, -0.05) is 32.9 Å². The maximum atomic E-state index is 12.6. The van der Waals surface area contributed by atoms with Gasteiger partial charge in [0.15, 0.2) is 11.5 Å². The molecule has 0 saturated carbocycles. The van der Waals surface area contributed by atoms with Crippen LogP contribution in [0.5, 0.6) is 0 Å². The van der Waals surface area contributed by atoms with Crippen LogP contribution in [0.4, 0.5) is 5.82 Å². The van der Waals surface area contributed by atoms with E-state index in [9.17, 15) is 4.79 Å². The van der Waals surface area contributed by atoms with Crippen LogP contribution in [0.15, 0.2) is 36.9 Å². The van der Waals surface area contributed by atoms with Crippen LogP contribution in [0.3, 0.4) is 0 Å². The predicted molar refractivity (Wildman–Crippen MR) is 134 cm³/mol. The number of aryl methyl sites for hydroxylation is 1. The summed E-state index contributed by atoms with van der Waals surface area (Å²) in [4.78, 5) is 27.7. The van der Waals surface area contributed by atoms with Crippen LogP contribution in [0.25, 0.3) is 11.2 Å². The average Bonchev–Trinajstić information content (AvgIpc) is 3.19. The molecule has 1 aliphatic rings. The molecule has 4 rings (SSSR count). The van der Waals surface area contributed by atoms with Gasteiger partial charge in [-0.2, -0.15) is 0 Å². The summed E-state index contributed by atoms with van der Waals surface area (Å²) in [5.41, 5.74) is 9.37. The molecule has 3 aromatic rings. The number of hydrogen-bond acceptors (Lipinski definition) is 6. The first-order valence-corrected chi connectivity index (χ1v) is 11.4. The molecule has 1 saturated heterocycles.